The Balaban J connectivity index is 1.12. The van der Waals surface area contributed by atoms with Gasteiger partial charge in [-0.15, -0.1) is 0 Å². The maximum atomic E-state index is 2.65. The Kier molecular flexibility index (Phi) is 4.92. The molecular formula is C58H29BN2. The Morgan fingerprint density at radius 2 is 0.689 bits per heavy atom. The summed E-state index contributed by atoms with van der Waals surface area (Å²) in [7, 11) is 0. The lowest BCUT2D eigenvalue weighted by Crippen LogP contribution is -2.59. The summed E-state index contributed by atoms with van der Waals surface area (Å²) in [4.78, 5) is 0. The van der Waals surface area contributed by atoms with Gasteiger partial charge in [0.15, 0.2) is 0 Å². The predicted octanol–water partition coefficient (Wildman–Crippen LogP) is 13.1. The van der Waals surface area contributed by atoms with Crippen LogP contribution >= 0.6 is 0 Å². The molecule has 2 nitrogen and oxygen atoms in total. The molecule has 0 spiro atoms. The molecule has 274 valence electrons. The maximum Gasteiger partial charge on any atom is 0.252 e. The van der Waals surface area contributed by atoms with E-state index in [0.29, 0.717) is 0 Å². The zero-order chi connectivity index (χ0) is 39.0. The van der Waals surface area contributed by atoms with E-state index in [1.807, 2.05) is 0 Å². The molecule has 0 N–H and O–H groups in total. The summed E-state index contributed by atoms with van der Waals surface area (Å²) in [5.74, 6) is 0. The molecule has 3 heteroatoms. The molecule has 2 aromatic heterocycles. The van der Waals surface area contributed by atoms with Crippen LogP contribution in [0.5, 0.6) is 0 Å². The number of rotatable bonds is 0. The molecule has 2 aliphatic heterocycles. The number of hydrogen-bond donors (Lipinski definition) is 0. The molecule has 0 amide bonds. The molecule has 4 heterocycles. The van der Waals surface area contributed by atoms with Crippen molar-refractivity contribution in [1.82, 2.24) is 9.13 Å². The number of nitrogens with zero attached hydrogens (tertiary/aromatic N) is 2. The van der Waals surface area contributed by atoms with Crippen molar-refractivity contribution in [2.75, 3.05) is 0 Å². The second-order valence-corrected chi connectivity index (χ2v) is 17.9. The lowest BCUT2D eigenvalue weighted by Gasteiger charge is -2.34. The molecule has 0 radical (unpaired) electrons. The summed E-state index contributed by atoms with van der Waals surface area (Å²) in [6.45, 7) is 0.0431. The van der Waals surface area contributed by atoms with Crippen LogP contribution in [0.25, 0.3) is 141 Å². The number of fused-ring (bicyclic) bond motifs is 16. The molecule has 0 atom stereocenters. The summed E-state index contributed by atoms with van der Waals surface area (Å²) in [5, 5.41) is 26.6. The van der Waals surface area contributed by atoms with Gasteiger partial charge in [0.2, 0.25) is 0 Å². The normalized spacial score (nSPS) is 13.5. The minimum absolute atomic E-state index is 0.0431. The van der Waals surface area contributed by atoms with E-state index in [-0.39, 0.29) is 6.71 Å². The van der Waals surface area contributed by atoms with Crippen molar-refractivity contribution in [2.24, 2.45) is 0 Å². The fraction of sp³-hybridized carbons (Fsp3) is 0. The van der Waals surface area contributed by atoms with E-state index in [2.05, 4.69) is 185 Å². The number of aromatic nitrogens is 2. The van der Waals surface area contributed by atoms with E-state index in [1.165, 1.54) is 158 Å². The van der Waals surface area contributed by atoms with Crippen molar-refractivity contribution in [3.8, 4) is 11.4 Å². The zero-order valence-corrected chi connectivity index (χ0v) is 32.7. The average molecular weight is 765 g/mol. The van der Waals surface area contributed by atoms with Crippen LogP contribution in [0.3, 0.4) is 0 Å². The van der Waals surface area contributed by atoms with Crippen LogP contribution in [0.15, 0.2) is 176 Å². The van der Waals surface area contributed by atoms with Crippen LogP contribution in [-0.4, -0.2) is 15.8 Å². The smallest absolute Gasteiger partial charge is 0.252 e. The lowest BCUT2D eigenvalue weighted by molar-refractivity contribution is 1.15. The monoisotopic (exact) mass is 764 g/mol. The van der Waals surface area contributed by atoms with Gasteiger partial charge >= 0.3 is 0 Å². The van der Waals surface area contributed by atoms with Crippen LogP contribution in [-0.2, 0) is 0 Å². The van der Waals surface area contributed by atoms with Crippen LogP contribution < -0.4 is 16.4 Å². The Bertz CT molecular complexity index is 4260. The summed E-state index contributed by atoms with van der Waals surface area (Å²) >= 11 is 0. The standard InChI is InChI=1S/C58H29BN2/c1-3-14-38-34(8-1)26-42-57-54(38)52-40-24-22-32-12-5-10-30-18-20-36(50(40)48(30)32)28-46(52)60(57)44-16-7-17-45-56(44)59(42)43-27-35-9-2-4-15-39(35)55-53-41-25-23-33-13-6-11-31-19-21-37(51(41)49(31)33)29-47(53)61(45)58(43)55/h1-29H. The highest BCUT2D eigenvalue weighted by molar-refractivity contribution is 7.00. The number of benzene rings is 13. The highest BCUT2D eigenvalue weighted by atomic mass is 15.0. The largest absolute Gasteiger partial charge is 0.310 e. The van der Waals surface area contributed by atoms with Crippen molar-refractivity contribution in [3.63, 3.8) is 0 Å². The van der Waals surface area contributed by atoms with Gasteiger partial charge in [0.1, 0.15) is 0 Å². The van der Waals surface area contributed by atoms with Crippen LogP contribution in [0.2, 0.25) is 0 Å². The Morgan fingerprint density at radius 3 is 1.18 bits per heavy atom. The van der Waals surface area contributed by atoms with Gasteiger partial charge < -0.3 is 9.13 Å². The third-order valence-corrected chi connectivity index (χ3v) is 15.2. The first kappa shape index (κ1) is 30.2. The zero-order valence-electron chi connectivity index (χ0n) is 32.7. The Hall–Kier alpha value is -7.88. The molecule has 0 saturated heterocycles. The van der Waals surface area contributed by atoms with Gasteiger partial charge in [0.25, 0.3) is 6.71 Å². The summed E-state index contributed by atoms with van der Waals surface area (Å²) in [5.41, 5.74) is 12.0. The highest BCUT2D eigenvalue weighted by Crippen LogP contribution is 2.49. The van der Waals surface area contributed by atoms with E-state index in [9.17, 15) is 0 Å². The second-order valence-electron chi connectivity index (χ2n) is 17.9. The molecule has 0 bridgehead atoms. The van der Waals surface area contributed by atoms with Gasteiger partial charge in [-0.05, 0) is 127 Å². The molecule has 0 unspecified atom stereocenters. The fourth-order valence-corrected chi connectivity index (χ4v) is 13.1. The van der Waals surface area contributed by atoms with Crippen molar-refractivity contribution in [1.29, 1.82) is 0 Å². The minimum Gasteiger partial charge on any atom is -0.310 e. The van der Waals surface area contributed by atoms with Gasteiger partial charge in [-0.2, -0.15) is 0 Å². The molecule has 61 heavy (non-hydrogen) atoms. The van der Waals surface area contributed by atoms with Gasteiger partial charge in [0.05, 0.1) is 22.1 Å². The Labute approximate surface area is 347 Å². The first-order valence-corrected chi connectivity index (χ1v) is 21.5. The average Bonchev–Trinajstić information content (AvgIpc) is 3.84. The van der Waals surface area contributed by atoms with E-state index >= 15 is 0 Å². The molecule has 17 rings (SSSR count). The summed E-state index contributed by atoms with van der Waals surface area (Å²) < 4.78 is 5.31. The van der Waals surface area contributed by atoms with Crippen molar-refractivity contribution < 1.29 is 0 Å². The van der Waals surface area contributed by atoms with Crippen LogP contribution in [0, 0.1) is 0 Å². The molecule has 0 saturated carbocycles. The molecule has 0 aliphatic carbocycles. The van der Waals surface area contributed by atoms with Crippen molar-refractivity contribution >= 4 is 153 Å². The SMILES string of the molecule is c1cc2c3c(c1)-n1c4cc5ccc6cccc7ccc(c5c67)c4c4c5ccccc5cc(c41)B3c1cc3ccccc3c3c4c5ccc6cccc7ccc(cc4n-2c13)c5c76. The first-order chi connectivity index (χ1) is 30.3. The van der Waals surface area contributed by atoms with Crippen LogP contribution in [0.4, 0.5) is 0 Å². The fourth-order valence-electron chi connectivity index (χ4n) is 13.1. The molecule has 13 aromatic carbocycles. The van der Waals surface area contributed by atoms with E-state index in [4.69, 9.17) is 0 Å². The Morgan fingerprint density at radius 1 is 0.279 bits per heavy atom. The maximum absolute atomic E-state index is 2.65. The topological polar surface area (TPSA) is 9.86 Å². The minimum atomic E-state index is 0.0431. The van der Waals surface area contributed by atoms with Gasteiger partial charge in [0, 0.05) is 32.9 Å². The third-order valence-electron chi connectivity index (χ3n) is 15.2. The van der Waals surface area contributed by atoms with Gasteiger partial charge in [-0.3, -0.25) is 0 Å². The van der Waals surface area contributed by atoms with E-state index < -0.39 is 0 Å². The third kappa shape index (κ3) is 3.27. The van der Waals surface area contributed by atoms with E-state index in [0.717, 1.165) is 0 Å². The van der Waals surface area contributed by atoms with Crippen molar-refractivity contribution in [3.05, 3.63) is 176 Å². The van der Waals surface area contributed by atoms with Crippen LogP contribution in [0.1, 0.15) is 0 Å². The van der Waals surface area contributed by atoms with Crippen molar-refractivity contribution in [2.45, 2.75) is 0 Å². The second kappa shape index (κ2) is 9.93. The first-order valence-electron chi connectivity index (χ1n) is 21.5. The lowest BCUT2D eigenvalue weighted by atomic mass is 9.34. The quantitative estimate of drug-likeness (QED) is 0.108. The predicted molar refractivity (Wildman–Crippen MR) is 262 cm³/mol. The van der Waals surface area contributed by atoms with E-state index in [1.54, 1.807) is 0 Å². The molecule has 15 aromatic rings. The van der Waals surface area contributed by atoms with Gasteiger partial charge in [-0.25, -0.2) is 0 Å². The molecule has 0 fully saturated rings. The summed E-state index contributed by atoms with van der Waals surface area (Å²) in [6.07, 6.45) is 0. The molecule has 2 aliphatic rings. The summed E-state index contributed by atoms with van der Waals surface area (Å²) in [6, 6.07) is 67.7. The van der Waals surface area contributed by atoms with Gasteiger partial charge in [-0.1, -0.05) is 152 Å². The number of hydrogen-bond acceptors (Lipinski definition) is 0. The molecular weight excluding hydrogens is 735 g/mol. The highest BCUT2D eigenvalue weighted by Gasteiger charge is 2.42.